The molecule has 6 nitrogen and oxygen atoms in total. The van der Waals surface area contributed by atoms with Crippen LogP contribution in [-0.4, -0.2) is 27.6 Å². The number of hydrogen-bond donors (Lipinski definition) is 3. The zero-order valence-electron chi connectivity index (χ0n) is 14.2. The Morgan fingerprint density at radius 2 is 2.04 bits per heavy atom. The number of aromatic amines is 1. The van der Waals surface area contributed by atoms with E-state index in [0.29, 0.717) is 12.3 Å². The molecular formula is C18H16F3N5O. The van der Waals surface area contributed by atoms with Crippen LogP contribution in [-0.2, 0) is 12.6 Å². The highest BCUT2D eigenvalue weighted by molar-refractivity contribution is 5.92. The molecule has 0 amide bonds. The van der Waals surface area contributed by atoms with Gasteiger partial charge >= 0.3 is 6.18 Å². The highest BCUT2D eigenvalue weighted by atomic mass is 19.4. The second kappa shape index (κ2) is 5.77. The van der Waals surface area contributed by atoms with Crippen LogP contribution in [0.1, 0.15) is 24.0 Å². The zero-order valence-corrected chi connectivity index (χ0v) is 14.2. The van der Waals surface area contributed by atoms with Gasteiger partial charge in [-0.2, -0.15) is 23.1 Å². The van der Waals surface area contributed by atoms with E-state index in [1.54, 1.807) is 0 Å². The molecule has 3 heterocycles. The molecule has 0 spiro atoms. The number of anilines is 3. The van der Waals surface area contributed by atoms with E-state index in [1.165, 1.54) is 0 Å². The van der Waals surface area contributed by atoms with Crippen molar-refractivity contribution >= 4 is 28.5 Å². The second-order valence-corrected chi connectivity index (χ2v) is 6.76. The Balaban J connectivity index is 1.58. The van der Waals surface area contributed by atoms with Gasteiger partial charge in [-0.15, -0.1) is 0 Å². The van der Waals surface area contributed by atoms with Crippen LogP contribution >= 0.6 is 0 Å². The molecule has 0 atom stereocenters. The monoisotopic (exact) mass is 375 g/mol. The Labute approximate surface area is 152 Å². The number of aromatic nitrogens is 3. The van der Waals surface area contributed by atoms with E-state index in [4.69, 9.17) is 4.74 Å². The van der Waals surface area contributed by atoms with Crippen LogP contribution in [0.15, 0.2) is 24.4 Å². The molecule has 0 radical (unpaired) electrons. The fourth-order valence-corrected chi connectivity index (χ4v) is 3.27. The summed E-state index contributed by atoms with van der Waals surface area (Å²) in [5.41, 5.74) is 1.15. The van der Waals surface area contributed by atoms with Crippen LogP contribution in [0.2, 0.25) is 0 Å². The molecule has 3 N–H and O–H groups in total. The fourth-order valence-electron chi connectivity index (χ4n) is 3.27. The highest BCUT2D eigenvalue weighted by Crippen LogP contribution is 2.40. The van der Waals surface area contributed by atoms with E-state index in [0.717, 1.165) is 36.8 Å². The van der Waals surface area contributed by atoms with Crippen molar-refractivity contribution in [2.24, 2.45) is 0 Å². The van der Waals surface area contributed by atoms with Gasteiger partial charge in [0.1, 0.15) is 17.2 Å². The summed E-state index contributed by atoms with van der Waals surface area (Å²) in [6, 6.07) is 5.87. The Bertz CT molecular complexity index is 1030. The summed E-state index contributed by atoms with van der Waals surface area (Å²) in [6.45, 7) is 0.605. The third-order valence-electron chi connectivity index (χ3n) is 4.72. The Kier molecular flexibility index (Phi) is 3.46. The van der Waals surface area contributed by atoms with Gasteiger partial charge in [-0.05, 0) is 24.5 Å². The maximum absolute atomic E-state index is 13.3. The average Bonchev–Trinajstić information content (AvgIpc) is 3.12. The molecule has 2 aliphatic rings. The van der Waals surface area contributed by atoms with Crippen molar-refractivity contribution in [2.45, 2.75) is 31.5 Å². The number of hydrogen-bond acceptors (Lipinski definition) is 5. The number of para-hydroxylation sites is 1. The molecule has 1 aliphatic heterocycles. The first-order valence-electron chi connectivity index (χ1n) is 8.73. The molecule has 1 aliphatic carbocycles. The lowest BCUT2D eigenvalue weighted by Gasteiger charge is -2.13. The van der Waals surface area contributed by atoms with Crippen LogP contribution in [0.25, 0.3) is 11.0 Å². The minimum atomic E-state index is -4.48. The first-order valence-corrected chi connectivity index (χ1v) is 8.73. The van der Waals surface area contributed by atoms with E-state index >= 15 is 0 Å². The van der Waals surface area contributed by atoms with Gasteiger partial charge in [-0.25, -0.2) is 0 Å². The first kappa shape index (κ1) is 16.2. The smallest absolute Gasteiger partial charge is 0.418 e. The molecule has 5 rings (SSSR count). The standard InChI is InChI=1S/C18H16F3N5O/c19-18(20,21)11-8-22-15-13(11)16(23-10-4-5-10)26-17(25-15)24-12-3-1-2-9-6-7-27-14(9)12/h1-3,8,10H,4-7H2,(H3,22,23,24,25,26). The van der Waals surface area contributed by atoms with E-state index in [1.807, 2.05) is 18.2 Å². The normalized spacial score (nSPS) is 16.3. The van der Waals surface area contributed by atoms with Gasteiger partial charge in [0.05, 0.1) is 23.2 Å². The number of nitrogens with zero attached hydrogens (tertiary/aromatic N) is 2. The highest BCUT2D eigenvalue weighted by Gasteiger charge is 2.36. The van der Waals surface area contributed by atoms with Crippen molar-refractivity contribution < 1.29 is 17.9 Å². The Morgan fingerprint density at radius 1 is 1.19 bits per heavy atom. The summed E-state index contributed by atoms with van der Waals surface area (Å²) in [5, 5.41) is 6.15. The maximum atomic E-state index is 13.3. The third kappa shape index (κ3) is 2.92. The maximum Gasteiger partial charge on any atom is 0.418 e. The van der Waals surface area contributed by atoms with Crippen molar-refractivity contribution in [3.8, 4) is 5.75 Å². The molecule has 27 heavy (non-hydrogen) atoms. The van der Waals surface area contributed by atoms with Crippen molar-refractivity contribution in [1.82, 2.24) is 15.0 Å². The molecule has 9 heteroatoms. The zero-order chi connectivity index (χ0) is 18.6. The number of nitrogens with one attached hydrogen (secondary N) is 3. The van der Waals surface area contributed by atoms with E-state index in [2.05, 4.69) is 25.6 Å². The van der Waals surface area contributed by atoms with Crippen LogP contribution in [0, 0.1) is 0 Å². The van der Waals surface area contributed by atoms with Crippen molar-refractivity contribution in [1.29, 1.82) is 0 Å². The van der Waals surface area contributed by atoms with Crippen LogP contribution < -0.4 is 15.4 Å². The topological polar surface area (TPSA) is 74.9 Å². The van der Waals surface area contributed by atoms with Crippen molar-refractivity contribution in [2.75, 3.05) is 17.2 Å². The lowest BCUT2D eigenvalue weighted by Crippen LogP contribution is -2.10. The number of halogens is 3. The van der Waals surface area contributed by atoms with Gasteiger partial charge in [0.2, 0.25) is 5.95 Å². The number of H-pyrrole nitrogens is 1. The summed E-state index contributed by atoms with van der Waals surface area (Å²) < 4.78 is 45.7. The summed E-state index contributed by atoms with van der Waals surface area (Å²) in [4.78, 5) is 11.2. The number of alkyl halides is 3. The first-order chi connectivity index (χ1) is 13.0. The second-order valence-electron chi connectivity index (χ2n) is 6.76. The number of rotatable bonds is 4. The van der Waals surface area contributed by atoms with E-state index in [9.17, 15) is 13.2 Å². The molecule has 3 aromatic rings. The van der Waals surface area contributed by atoms with E-state index < -0.39 is 11.7 Å². The SMILES string of the molecule is FC(F)(F)c1c[nH]c2nc(Nc3cccc4c3OCC4)nc(NC3CC3)c12. The van der Waals surface area contributed by atoms with Gasteiger partial charge in [-0.3, -0.25) is 0 Å². The predicted molar refractivity (Wildman–Crippen MR) is 94.5 cm³/mol. The molecule has 0 saturated heterocycles. The minimum absolute atomic E-state index is 0.0329. The summed E-state index contributed by atoms with van der Waals surface area (Å²) in [5.74, 6) is 1.14. The summed E-state index contributed by atoms with van der Waals surface area (Å²) >= 11 is 0. The van der Waals surface area contributed by atoms with Gasteiger partial charge in [0.25, 0.3) is 0 Å². The largest absolute Gasteiger partial charge is 0.491 e. The lowest BCUT2D eigenvalue weighted by molar-refractivity contribution is -0.136. The molecule has 0 bridgehead atoms. The average molecular weight is 375 g/mol. The van der Waals surface area contributed by atoms with Gasteiger partial charge in [-0.1, -0.05) is 12.1 Å². The minimum Gasteiger partial charge on any atom is -0.491 e. The lowest BCUT2D eigenvalue weighted by atomic mass is 10.1. The molecule has 2 aromatic heterocycles. The molecule has 1 fully saturated rings. The van der Waals surface area contributed by atoms with Gasteiger partial charge < -0.3 is 20.4 Å². The molecule has 0 unspecified atom stereocenters. The summed E-state index contributed by atoms with van der Waals surface area (Å²) in [6.07, 6.45) is -0.889. The van der Waals surface area contributed by atoms with Crippen LogP contribution in [0.4, 0.5) is 30.6 Å². The third-order valence-corrected chi connectivity index (χ3v) is 4.72. The number of ether oxygens (including phenoxy) is 1. The van der Waals surface area contributed by atoms with Gasteiger partial charge in [0.15, 0.2) is 0 Å². The van der Waals surface area contributed by atoms with Crippen LogP contribution in [0.5, 0.6) is 5.75 Å². The molecule has 1 saturated carbocycles. The fraction of sp³-hybridized carbons (Fsp3) is 0.333. The molecule has 140 valence electrons. The molecular weight excluding hydrogens is 359 g/mol. The predicted octanol–water partition coefficient (Wildman–Crippen LogP) is 4.23. The van der Waals surface area contributed by atoms with Gasteiger partial charge in [0, 0.05) is 18.7 Å². The summed E-state index contributed by atoms with van der Waals surface area (Å²) in [7, 11) is 0. The molecule has 1 aromatic carbocycles. The van der Waals surface area contributed by atoms with Crippen molar-refractivity contribution in [3.05, 3.63) is 35.5 Å². The Hall–Kier alpha value is -2.97. The number of benzene rings is 1. The van der Waals surface area contributed by atoms with Crippen LogP contribution in [0.3, 0.4) is 0 Å². The quantitative estimate of drug-likeness (QED) is 0.636. The van der Waals surface area contributed by atoms with E-state index in [-0.39, 0.29) is 28.8 Å². The number of fused-ring (bicyclic) bond motifs is 2. The van der Waals surface area contributed by atoms with Crippen molar-refractivity contribution in [3.63, 3.8) is 0 Å². The Morgan fingerprint density at radius 3 is 2.81 bits per heavy atom.